The number of carbonyl (C=O) groups is 1. The van der Waals surface area contributed by atoms with E-state index in [2.05, 4.69) is 12.2 Å². The zero-order valence-corrected chi connectivity index (χ0v) is 13.7. The third-order valence-electron chi connectivity index (χ3n) is 4.96. The van der Waals surface area contributed by atoms with Crippen molar-refractivity contribution < 1.29 is 22.7 Å². The lowest BCUT2D eigenvalue weighted by molar-refractivity contribution is -0.162. The average molecular weight is 341 g/mol. The monoisotopic (exact) mass is 341 g/mol. The summed E-state index contributed by atoms with van der Waals surface area (Å²) in [6.07, 6.45) is -0.796. The maximum Gasteiger partial charge on any atom is 0.416 e. The minimum absolute atomic E-state index is 0.0795. The number of halogens is 3. The molecular weight excluding hydrogens is 319 g/mol. The van der Waals surface area contributed by atoms with Gasteiger partial charge in [0.2, 0.25) is 0 Å². The molecular formula is C18H22F3NO2. The van der Waals surface area contributed by atoms with Crippen molar-refractivity contribution in [3.05, 3.63) is 35.4 Å². The number of benzene rings is 1. The van der Waals surface area contributed by atoms with Crippen molar-refractivity contribution in [3.63, 3.8) is 0 Å². The molecule has 1 N–H and O–H groups in total. The normalized spacial score (nSPS) is 27.8. The highest BCUT2D eigenvalue weighted by atomic mass is 19.4. The molecule has 0 radical (unpaired) electrons. The topological polar surface area (TPSA) is 38.3 Å². The third kappa shape index (κ3) is 3.58. The number of nitrogens with one attached hydrogen (secondary N) is 1. The van der Waals surface area contributed by atoms with Crippen LogP contribution in [0.1, 0.15) is 43.7 Å². The van der Waals surface area contributed by atoms with Crippen molar-refractivity contribution in [1.29, 1.82) is 0 Å². The SMILES string of the molecule is CC1CCC(C(=O)NCc2cccc(C(F)(F)F)c2)(C2CC2)OC1. The van der Waals surface area contributed by atoms with Crippen LogP contribution >= 0.6 is 0 Å². The molecule has 2 atom stereocenters. The first-order valence-electron chi connectivity index (χ1n) is 8.39. The maximum absolute atomic E-state index is 12.8. The summed E-state index contributed by atoms with van der Waals surface area (Å²) in [5.41, 5.74) is -1.05. The molecule has 1 saturated heterocycles. The number of hydrogen-bond donors (Lipinski definition) is 1. The van der Waals surface area contributed by atoms with Gasteiger partial charge in [-0.1, -0.05) is 19.1 Å². The van der Waals surface area contributed by atoms with E-state index in [0.717, 1.165) is 31.4 Å². The summed E-state index contributed by atoms with van der Waals surface area (Å²) in [6, 6.07) is 5.05. The van der Waals surface area contributed by atoms with E-state index >= 15 is 0 Å². The van der Waals surface area contributed by atoms with Crippen LogP contribution in [0.15, 0.2) is 24.3 Å². The summed E-state index contributed by atoms with van der Waals surface area (Å²) in [7, 11) is 0. The van der Waals surface area contributed by atoms with Crippen molar-refractivity contribution in [2.24, 2.45) is 11.8 Å². The Morgan fingerprint density at radius 2 is 2.08 bits per heavy atom. The molecule has 0 aromatic heterocycles. The highest BCUT2D eigenvalue weighted by Crippen LogP contribution is 2.47. The molecule has 1 aliphatic heterocycles. The van der Waals surface area contributed by atoms with E-state index in [-0.39, 0.29) is 18.4 Å². The van der Waals surface area contributed by atoms with E-state index in [4.69, 9.17) is 4.74 Å². The number of alkyl halides is 3. The Balaban J connectivity index is 1.66. The van der Waals surface area contributed by atoms with Gasteiger partial charge in [0, 0.05) is 6.54 Å². The van der Waals surface area contributed by atoms with Crippen LogP contribution in [0.2, 0.25) is 0 Å². The van der Waals surface area contributed by atoms with Crippen LogP contribution in [0.3, 0.4) is 0 Å². The van der Waals surface area contributed by atoms with E-state index in [1.54, 1.807) is 6.07 Å². The average Bonchev–Trinajstić information content (AvgIpc) is 3.38. The molecule has 2 unspecified atom stereocenters. The minimum Gasteiger partial charge on any atom is -0.365 e. The molecule has 132 valence electrons. The predicted octanol–water partition coefficient (Wildman–Crippen LogP) is 3.92. The first kappa shape index (κ1) is 17.3. The van der Waals surface area contributed by atoms with E-state index in [1.165, 1.54) is 6.07 Å². The number of amides is 1. The Morgan fingerprint density at radius 3 is 2.67 bits per heavy atom. The van der Waals surface area contributed by atoms with Crippen molar-refractivity contribution in [2.45, 2.75) is 50.9 Å². The molecule has 1 amide bonds. The molecule has 24 heavy (non-hydrogen) atoms. The summed E-state index contributed by atoms with van der Waals surface area (Å²) >= 11 is 0. The van der Waals surface area contributed by atoms with Gasteiger partial charge in [-0.05, 0) is 55.2 Å². The van der Waals surface area contributed by atoms with Gasteiger partial charge in [-0.3, -0.25) is 4.79 Å². The summed E-state index contributed by atoms with van der Waals surface area (Å²) in [5.74, 6) is 0.494. The zero-order valence-electron chi connectivity index (χ0n) is 13.7. The molecule has 3 rings (SSSR count). The van der Waals surface area contributed by atoms with Crippen molar-refractivity contribution >= 4 is 5.91 Å². The van der Waals surface area contributed by atoms with E-state index in [9.17, 15) is 18.0 Å². The van der Waals surface area contributed by atoms with Crippen molar-refractivity contribution in [1.82, 2.24) is 5.32 Å². The molecule has 1 heterocycles. The molecule has 1 aromatic rings. The van der Waals surface area contributed by atoms with Crippen LogP contribution in [0.25, 0.3) is 0 Å². The number of hydrogen-bond acceptors (Lipinski definition) is 2. The van der Waals surface area contributed by atoms with Crippen LogP contribution in [0.4, 0.5) is 13.2 Å². The van der Waals surface area contributed by atoms with Crippen LogP contribution < -0.4 is 5.32 Å². The molecule has 1 aromatic carbocycles. The molecule has 2 fully saturated rings. The molecule has 0 spiro atoms. The van der Waals surface area contributed by atoms with Gasteiger partial charge < -0.3 is 10.1 Å². The summed E-state index contributed by atoms with van der Waals surface area (Å²) in [5, 5.41) is 2.79. The molecule has 1 aliphatic carbocycles. The van der Waals surface area contributed by atoms with Gasteiger partial charge in [0.15, 0.2) is 0 Å². The lowest BCUT2D eigenvalue weighted by Gasteiger charge is -2.38. The molecule has 6 heteroatoms. The number of ether oxygens (including phenoxy) is 1. The third-order valence-corrected chi connectivity index (χ3v) is 4.96. The summed E-state index contributed by atoms with van der Waals surface area (Å²) < 4.78 is 44.2. The second kappa shape index (κ2) is 6.39. The maximum atomic E-state index is 12.8. The van der Waals surface area contributed by atoms with Gasteiger partial charge in [0.25, 0.3) is 5.91 Å². The minimum atomic E-state index is -4.38. The first-order chi connectivity index (χ1) is 11.3. The van der Waals surface area contributed by atoms with Gasteiger partial charge in [0.05, 0.1) is 12.2 Å². The molecule has 1 saturated carbocycles. The molecule has 2 aliphatic rings. The second-order valence-corrected chi connectivity index (χ2v) is 7.00. The fraction of sp³-hybridized carbons (Fsp3) is 0.611. The fourth-order valence-electron chi connectivity index (χ4n) is 3.33. The summed E-state index contributed by atoms with van der Waals surface area (Å²) in [4.78, 5) is 12.7. The largest absolute Gasteiger partial charge is 0.416 e. The van der Waals surface area contributed by atoms with Crippen LogP contribution in [-0.2, 0) is 22.3 Å². The fourth-order valence-corrected chi connectivity index (χ4v) is 3.33. The zero-order chi connectivity index (χ0) is 17.4. The highest BCUT2D eigenvalue weighted by Gasteiger charge is 2.53. The summed E-state index contributed by atoms with van der Waals surface area (Å²) in [6.45, 7) is 2.74. The van der Waals surface area contributed by atoms with E-state index in [1.807, 2.05) is 0 Å². The Labute approximate surface area is 139 Å². The van der Waals surface area contributed by atoms with Crippen LogP contribution in [0, 0.1) is 11.8 Å². The van der Waals surface area contributed by atoms with Gasteiger partial charge in [-0.15, -0.1) is 0 Å². The molecule has 3 nitrogen and oxygen atoms in total. The Morgan fingerprint density at radius 1 is 1.33 bits per heavy atom. The predicted molar refractivity (Wildman–Crippen MR) is 83.1 cm³/mol. The Bertz CT molecular complexity index is 603. The van der Waals surface area contributed by atoms with Crippen LogP contribution in [0.5, 0.6) is 0 Å². The van der Waals surface area contributed by atoms with Gasteiger partial charge in [-0.25, -0.2) is 0 Å². The second-order valence-electron chi connectivity index (χ2n) is 7.00. The first-order valence-corrected chi connectivity index (χ1v) is 8.39. The van der Waals surface area contributed by atoms with Crippen LogP contribution in [-0.4, -0.2) is 18.1 Å². The Kier molecular flexibility index (Phi) is 4.60. The van der Waals surface area contributed by atoms with Crippen molar-refractivity contribution in [3.8, 4) is 0 Å². The standard InChI is InChI=1S/C18H22F3NO2/c1-12-7-8-17(24-11-12,14-5-6-14)16(23)22-10-13-3-2-4-15(9-13)18(19,20)21/h2-4,9,12,14H,5-8,10-11H2,1H3,(H,22,23). The van der Waals surface area contributed by atoms with Gasteiger partial charge in [-0.2, -0.15) is 13.2 Å². The number of carbonyl (C=O) groups excluding carboxylic acids is 1. The van der Waals surface area contributed by atoms with Crippen molar-refractivity contribution in [2.75, 3.05) is 6.61 Å². The number of rotatable bonds is 4. The lowest BCUT2D eigenvalue weighted by Crippen LogP contribution is -2.53. The van der Waals surface area contributed by atoms with E-state index < -0.39 is 17.3 Å². The lowest BCUT2D eigenvalue weighted by atomic mass is 9.84. The highest BCUT2D eigenvalue weighted by molar-refractivity contribution is 5.86. The van der Waals surface area contributed by atoms with Gasteiger partial charge >= 0.3 is 6.18 Å². The smallest absolute Gasteiger partial charge is 0.365 e. The Hall–Kier alpha value is -1.56. The van der Waals surface area contributed by atoms with Gasteiger partial charge in [0.1, 0.15) is 5.60 Å². The quantitative estimate of drug-likeness (QED) is 0.901. The van der Waals surface area contributed by atoms with E-state index in [0.29, 0.717) is 24.5 Å². The molecule has 0 bridgehead atoms.